The summed E-state index contributed by atoms with van der Waals surface area (Å²) in [5, 5.41) is 4.33. The van der Waals surface area contributed by atoms with Gasteiger partial charge in [0.25, 0.3) is 0 Å². The van der Waals surface area contributed by atoms with E-state index in [0.29, 0.717) is 0 Å². The second-order valence-electron chi connectivity index (χ2n) is 4.17. The van der Waals surface area contributed by atoms with Gasteiger partial charge < -0.3 is 0 Å². The Morgan fingerprint density at radius 2 is 0.913 bits per heavy atom. The first-order valence-corrected chi connectivity index (χ1v) is 6.49. The largest absolute Gasteiger partial charge is 0.294 e. The van der Waals surface area contributed by atoms with Crippen LogP contribution in [0.2, 0.25) is 0 Å². The minimum absolute atomic E-state index is 0.439. The monoisotopic (exact) mass is 322 g/mol. The van der Waals surface area contributed by atoms with E-state index in [2.05, 4.69) is 41.1 Å². The van der Waals surface area contributed by atoms with Gasteiger partial charge in [-0.05, 0) is 24.3 Å². The van der Waals surface area contributed by atoms with Crippen molar-refractivity contribution in [3.05, 3.63) is 50.6 Å². The summed E-state index contributed by atoms with van der Waals surface area (Å²) in [7, 11) is 0. The van der Waals surface area contributed by atoms with Crippen molar-refractivity contribution in [1.82, 2.24) is 0 Å². The third kappa shape index (κ3) is 6.88. The fourth-order valence-electron chi connectivity index (χ4n) is 1.40. The second-order valence-corrected chi connectivity index (χ2v) is 4.17. The van der Waals surface area contributed by atoms with Crippen LogP contribution >= 0.6 is 0 Å². The molecule has 0 aliphatic rings. The smallest absolute Gasteiger partial charge is 0.168 e. The van der Waals surface area contributed by atoms with Crippen LogP contribution in [0, 0.1) is 11.8 Å². The van der Waals surface area contributed by atoms with Crippen molar-refractivity contribution in [3.8, 4) is 0 Å². The first kappa shape index (κ1) is 20.5. The maximum atomic E-state index is 11.5. The minimum atomic E-state index is -1.16. The van der Waals surface area contributed by atoms with Crippen molar-refractivity contribution in [2.75, 3.05) is 13.2 Å². The van der Waals surface area contributed by atoms with E-state index in [-0.39, 0.29) is 0 Å². The quantitative estimate of drug-likeness (QED) is 0.155. The minimum Gasteiger partial charge on any atom is -0.294 e. The van der Waals surface area contributed by atoms with Crippen molar-refractivity contribution in [2.24, 2.45) is 11.8 Å². The lowest BCUT2D eigenvalue weighted by atomic mass is 10.00. The highest BCUT2D eigenvalue weighted by Crippen LogP contribution is 2.07. The first-order valence-electron chi connectivity index (χ1n) is 6.49. The molecule has 0 saturated carbocycles. The highest BCUT2D eigenvalue weighted by atomic mass is 17.5. The summed E-state index contributed by atoms with van der Waals surface area (Å²) in [5.41, 5.74) is 0. The van der Waals surface area contributed by atoms with Crippen molar-refractivity contribution in [1.29, 1.82) is 0 Å². The molecule has 23 heavy (non-hydrogen) atoms. The van der Waals surface area contributed by atoms with Gasteiger partial charge in [0.2, 0.25) is 0 Å². The third-order valence-corrected chi connectivity index (χ3v) is 2.74. The number of ketones is 4. The van der Waals surface area contributed by atoms with E-state index < -0.39 is 48.2 Å². The molecule has 7 heteroatoms. The molecule has 0 rings (SSSR count). The van der Waals surface area contributed by atoms with Gasteiger partial charge in [0.05, 0.1) is 0 Å². The van der Waals surface area contributed by atoms with Gasteiger partial charge >= 0.3 is 0 Å². The molecule has 0 aliphatic heterocycles. The zero-order chi connectivity index (χ0) is 17.8. The molecule has 0 bridgehead atoms. The van der Waals surface area contributed by atoms with E-state index in [9.17, 15) is 19.2 Å². The number of allylic oxidation sites excluding steroid dienone is 4. The molecule has 0 fully saturated rings. The van der Waals surface area contributed by atoms with Crippen molar-refractivity contribution >= 4 is 23.1 Å². The van der Waals surface area contributed by atoms with Crippen LogP contribution in [-0.4, -0.2) is 36.3 Å². The average Bonchev–Trinajstić information content (AvgIpc) is 2.58. The van der Waals surface area contributed by atoms with Gasteiger partial charge in [0, 0.05) is 0 Å². The van der Waals surface area contributed by atoms with Gasteiger partial charge in [-0.25, -0.2) is 9.78 Å². The summed E-state index contributed by atoms with van der Waals surface area (Å²) < 4.78 is 0. The van der Waals surface area contributed by atoms with E-state index in [0.717, 1.165) is 24.3 Å². The van der Waals surface area contributed by atoms with Crippen molar-refractivity contribution in [2.45, 2.75) is 0 Å². The first-order chi connectivity index (χ1) is 10.9. The molecule has 0 radical (unpaired) electrons. The molecule has 0 aromatic rings. The lowest BCUT2D eigenvalue weighted by Gasteiger charge is -2.12. The maximum absolute atomic E-state index is 11.5. The number of hydrogen-bond donors (Lipinski definition) is 0. The number of carbonyl (C=O) groups is 4. The summed E-state index contributed by atoms with van der Waals surface area (Å²) in [5.74, 6) is -4.59. The van der Waals surface area contributed by atoms with E-state index in [4.69, 9.17) is 0 Å². The Bertz CT molecular complexity index is 433. The standard InChI is InChI=1S/C16H18O7/c1-5-13(17)11(14(18)6-2)9-21-23-22-10-12(15(19)7-3)16(20)8-4/h5-8,11-12H,1-4,9-10H2. The Hall–Kier alpha value is -2.48. The van der Waals surface area contributed by atoms with Gasteiger partial charge in [0.15, 0.2) is 23.1 Å². The van der Waals surface area contributed by atoms with Crippen molar-refractivity contribution < 1.29 is 34.0 Å². The molecule has 0 aromatic heterocycles. The molecule has 0 amide bonds. The highest BCUT2D eigenvalue weighted by Gasteiger charge is 2.25. The third-order valence-electron chi connectivity index (χ3n) is 2.74. The lowest BCUT2D eigenvalue weighted by molar-refractivity contribution is -0.514. The molecule has 0 aromatic carbocycles. The topological polar surface area (TPSA) is 96.0 Å². The van der Waals surface area contributed by atoms with Crippen LogP contribution in [0.3, 0.4) is 0 Å². The number of hydrogen-bond acceptors (Lipinski definition) is 7. The number of carbonyl (C=O) groups excluding carboxylic acids is 4. The lowest BCUT2D eigenvalue weighted by Crippen LogP contribution is -2.28. The molecule has 0 unspecified atom stereocenters. The predicted molar refractivity (Wildman–Crippen MR) is 80.8 cm³/mol. The molecule has 0 atom stereocenters. The van der Waals surface area contributed by atoms with Crippen LogP contribution in [0.5, 0.6) is 0 Å². The van der Waals surface area contributed by atoms with Gasteiger partial charge in [-0.15, -0.1) is 0 Å². The Balaban J connectivity index is 4.42. The number of rotatable bonds is 14. The highest BCUT2D eigenvalue weighted by molar-refractivity contribution is 6.11. The zero-order valence-electron chi connectivity index (χ0n) is 12.6. The summed E-state index contributed by atoms with van der Waals surface area (Å²) in [6, 6.07) is 0. The normalized spacial score (nSPS) is 10.2. The SMILES string of the molecule is C=CC(=O)C(COOOCC(C(=O)C=C)C(=O)C=C)C(=O)C=C. The fourth-order valence-corrected chi connectivity index (χ4v) is 1.40. The summed E-state index contributed by atoms with van der Waals surface area (Å²) in [4.78, 5) is 55.0. The van der Waals surface area contributed by atoms with E-state index >= 15 is 0 Å². The maximum Gasteiger partial charge on any atom is 0.168 e. The summed E-state index contributed by atoms with van der Waals surface area (Å²) >= 11 is 0. The molecular formula is C16H18O7. The van der Waals surface area contributed by atoms with Gasteiger partial charge in [-0.3, -0.25) is 19.2 Å². The fraction of sp³-hybridized carbons (Fsp3) is 0.250. The molecule has 0 heterocycles. The molecule has 0 N–H and O–H groups in total. The summed E-state index contributed by atoms with van der Waals surface area (Å²) in [6.45, 7) is 12.2. The van der Waals surface area contributed by atoms with Crippen LogP contribution in [0.15, 0.2) is 50.6 Å². The Labute approximate surface area is 133 Å². The van der Waals surface area contributed by atoms with Crippen LogP contribution in [-0.2, 0) is 34.0 Å². The Morgan fingerprint density at radius 1 is 0.652 bits per heavy atom. The van der Waals surface area contributed by atoms with E-state index in [1.54, 1.807) is 0 Å². The van der Waals surface area contributed by atoms with Gasteiger partial charge in [0.1, 0.15) is 25.0 Å². The molecule has 0 aliphatic carbocycles. The predicted octanol–water partition coefficient (Wildman–Crippen LogP) is 1.12. The van der Waals surface area contributed by atoms with E-state index in [1.165, 1.54) is 0 Å². The Morgan fingerprint density at radius 3 is 1.13 bits per heavy atom. The van der Waals surface area contributed by atoms with Gasteiger partial charge in [-0.2, -0.15) is 0 Å². The van der Waals surface area contributed by atoms with Gasteiger partial charge in [-0.1, -0.05) is 31.4 Å². The van der Waals surface area contributed by atoms with Crippen LogP contribution < -0.4 is 0 Å². The molecule has 124 valence electrons. The molecule has 7 nitrogen and oxygen atoms in total. The van der Waals surface area contributed by atoms with Crippen LogP contribution in [0.25, 0.3) is 0 Å². The Kier molecular flexibility index (Phi) is 9.94. The zero-order valence-corrected chi connectivity index (χ0v) is 12.6. The second kappa shape index (κ2) is 11.1. The molecule has 0 saturated heterocycles. The van der Waals surface area contributed by atoms with E-state index in [1.807, 2.05) is 0 Å². The molecule has 0 spiro atoms. The average molecular weight is 322 g/mol. The van der Waals surface area contributed by atoms with Crippen LogP contribution in [0.1, 0.15) is 0 Å². The van der Waals surface area contributed by atoms with Crippen LogP contribution in [0.4, 0.5) is 0 Å². The molecular weight excluding hydrogens is 304 g/mol. The summed E-state index contributed by atoms with van der Waals surface area (Å²) in [6.07, 6.45) is 3.88. The van der Waals surface area contributed by atoms with Crippen molar-refractivity contribution in [3.63, 3.8) is 0 Å².